The lowest BCUT2D eigenvalue weighted by Crippen LogP contribution is -2.31. The van der Waals surface area contributed by atoms with Crippen LogP contribution in [-0.2, 0) is 9.53 Å². The fourth-order valence-electron chi connectivity index (χ4n) is 0.372. The predicted octanol–water partition coefficient (Wildman–Crippen LogP) is 0.649. The number of ether oxygens (including phenoxy) is 1. The summed E-state index contributed by atoms with van der Waals surface area (Å²) in [5, 5.41) is 9.14. The van der Waals surface area contributed by atoms with Crippen molar-refractivity contribution in [2.45, 2.75) is 26.4 Å². The van der Waals surface area contributed by atoms with Crippen molar-refractivity contribution in [2.24, 2.45) is 0 Å². The van der Waals surface area contributed by atoms with Crippen LogP contribution in [-0.4, -0.2) is 35.4 Å². The van der Waals surface area contributed by atoms with Crippen molar-refractivity contribution >= 4 is 5.91 Å². The van der Waals surface area contributed by atoms with Gasteiger partial charge in [0, 0.05) is 7.05 Å². The smallest absolute Gasteiger partial charge is 0.271 e. The van der Waals surface area contributed by atoms with E-state index in [0.29, 0.717) is 5.06 Å². The van der Waals surface area contributed by atoms with Crippen LogP contribution in [0.25, 0.3) is 0 Å². The second-order valence-electron chi connectivity index (χ2n) is 3.32. The highest BCUT2D eigenvalue weighted by Crippen LogP contribution is 2.05. The second-order valence-corrected chi connectivity index (χ2v) is 3.32. The quantitative estimate of drug-likeness (QED) is 0.478. The van der Waals surface area contributed by atoms with Crippen LogP contribution in [0.2, 0.25) is 0 Å². The minimum atomic E-state index is -0.445. The van der Waals surface area contributed by atoms with Crippen molar-refractivity contribution in [3.8, 4) is 0 Å². The average Bonchev–Trinajstić information content (AvgIpc) is 1.80. The Balaban J connectivity index is 3.64. The third-order valence-corrected chi connectivity index (χ3v) is 0.990. The zero-order valence-corrected chi connectivity index (χ0v) is 7.42. The summed E-state index contributed by atoms with van der Waals surface area (Å²) in [4.78, 5) is 10.7. The molecular weight excluding hydrogens is 146 g/mol. The molecule has 4 nitrogen and oxygen atoms in total. The molecule has 0 fully saturated rings. The summed E-state index contributed by atoms with van der Waals surface area (Å²) in [6.07, 6.45) is 0. The van der Waals surface area contributed by atoms with E-state index in [9.17, 15) is 4.79 Å². The van der Waals surface area contributed by atoms with Gasteiger partial charge in [-0.25, -0.2) is 5.06 Å². The summed E-state index contributed by atoms with van der Waals surface area (Å²) in [6, 6.07) is 0. The Hall–Kier alpha value is -0.610. The van der Waals surface area contributed by atoms with Crippen molar-refractivity contribution in [2.75, 3.05) is 13.7 Å². The van der Waals surface area contributed by atoms with Gasteiger partial charge in [-0.15, -0.1) is 0 Å². The predicted molar refractivity (Wildman–Crippen MR) is 40.3 cm³/mol. The van der Waals surface area contributed by atoms with Gasteiger partial charge in [-0.1, -0.05) is 0 Å². The molecule has 0 aliphatic carbocycles. The number of likely N-dealkylation sites (N-methyl/N-ethyl adjacent to an activating group) is 1. The van der Waals surface area contributed by atoms with Crippen LogP contribution in [0.5, 0.6) is 0 Å². The summed E-state index contributed by atoms with van der Waals surface area (Å²) in [5.74, 6) is -0.445. The highest BCUT2D eigenvalue weighted by atomic mass is 16.5. The first-order chi connectivity index (χ1) is 4.83. The molecular formula is C7H15NO3. The fraction of sp³-hybridized carbons (Fsp3) is 0.857. The van der Waals surface area contributed by atoms with E-state index in [4.69, 9.17) is 9.94 Å². The van der Waals surface area contributed by atoms with E-state index in [2.05, 4.69) is 0 Å². The first-order valence-corrected chi connectivity index (χ1v) is 3.42. The Bertz CT molecular complexity index is 137. The summed E-state index contributed by atoms with van der Waals surface area (Å²) in [6.45, 7) is 5.45. The van der Waals surface area contributed by atoms with Gasteiger partial charge in [0.15, 0.2) is 0 Å². The number of hydrogen-bond acceptors (Lipinski definition) is 3. The molecule has 0 aliphatic heterocycles. The van der Waals surface area contributed by atoms with Gasteiger partial charge in [-0.2, -0.15) is 0 Å². The Morgan fingerprint density at radius 2 is 2.00 bits per heavy atom. The molecule has 66 valence electrons. The van der Waals surface area contributed by atoms with E-state index in [-0.39, 0.29) is 12.2 Å². The van der Waals surface area contributed by atoms with Crippen LogP contribution >= 0.6 is 0 Å². The minimum absolute atomic E-state index is 0.0868. The highest BCUT2D eigenvalue weighted by Gasteiger charge is 2.14. The lowest BCUT2D eigenvalue weighted by atomic mass is 10.2. The highest BCUT2D eigenvalue weighted by molar-refractivity contribution is 5.75. The summed E-state index contributed by atoms with van der Waals surface area (Å²) in [7, 11) is 1.27. The number of carbonyl (C=O) groups is 1. The Labute approximate surface area is 66.7 Å². The van der Waals surface area contributed by atoms with Crippen LogP contribution in [0.4, 0.5) is 0 Å². The van der Waals surface area contributed by atoms with Gasteiger partial charge in [0.2, 0.25) is 0 Å². The van der Waals surface area contributed by atoms with Crippen molar-refractivity contribution in [3.05, 3.63) is 0 Å². The monoisotopic (exact) mass is 161 g/mol. The molecule has 0 saturated heterocycles. The van der Waals surface area contributed by atoms with Crippen molar-refractivity contribution in [3.63, 3.8) is 0 Å². The lowest BCUT2D eigenvalue weighted by Gasteiger charge is -2.19. The Morgan fingerprint density at radius 3 is 2.27 bits per heavy atom. The van der Waals surface area contributed by atoms with E-state index in [1.807, 2.05) is 20.8 Å². The van der Waals surface area contributed by atoms with Gasteiger partial charge < -0.3 is 4.74 Å². The van der Waals surface area contributed by atoms with Gasteiger partial charge in [-0.3, -0.25) is 10.0 Å². The standard InChI is InChI=1S/C7H15NO3/c1-7(2,3)11-5-6(9)8(4)10/h10H,5H2,1-4H3. The van der Waals surface area contributed by atoms with Gasteiger partial charge in [0.1, 0.15) is 6.61 Å². The van der Waals surface area contributed by atoms with E-state index in [1.165, 1.54) is 7.05 Å². The molecule has 0 rings (SSSR count). The molecule has 0 bridgehead atoms. The number of hydrogen-bond donors (Lipinski definition) is 1. The SMILES string of the molecule is CN(O)C(=O)COC(C)(C)C. The minimum Gasteiger partial charge on any atom is -0.366 e. The van der Waals surface area contributed by atoms with Crippen molar-refractivity contribution in [1.29, 1.82) is 0 Å². The van der Waals surface area contributed by atoms with Crippen molar-refractivity contribution in [1.82, 2.24) is 5.06 Å². The fourth-order valence-corrected chi connectivity index (χ4v) is 0.372. The molecule has 11 heavy (non-hydrogen) atoms. The number of carbonyl (C=O) groups excluding carboxylic acids is 1. The van der Waals surface area contributed by atoms with Gasteiger partial charge in [0.25, 0.3) is 5.91 Å². The van der Waals surface area contributed by atoms with Crippen LogP contribution in [0, 0.1) is 0 Å². The van der Waals surface area contributed by atoms with Crippen LogP contribution < -0.4 is 0 Å². The molecule has 0 aromatic rings. The second kappa shape index (κ2) is 3.69. The zero-order chi connectivity index (χ0) is 9.07. The number of nitrogens with zero attached hydrogens (tertiary/aromatic N) is 1. The van der Waals surface area contributed by atoms with E-state index >= 15 is 0 Å². The first kappa shape index (κ1) is 10.4. The van der Waals surface area contributed by atoms with Crippen LogP contribution in [0.1, 0.15) is 20.8 Å². The molecule has 0 atom stereocenters. The van der Waals surface area contributed by atoms with Crippen LogP contribution in [0.3, 0.4) is 0 Å². The topological polar surface area (TPSA) is 49.8 Å². The molecule has 1 N–H and O–H groups in total. The van der Waals surface area contributed by atoms with Gasteiger partial charge in [-0.05, 0) is 20.8 Å². The molecule has 0 aromatic heterocycles. The van der Waals surface area contributed by atoms with Gasteiger partial charge >= 0.3 is 0 Å². The number of rotatable bonds is 2. The van der Waals surface area contributed by atoms with E-state index in [1.54, 1.807) is 0 Å². The normalized spacial score (nSPS) is 11.4. The first-order valence-electron chi connectivity index (χ1n) is 3.42. The largest absolute Gasteiger partial charge is 0.366 e. The molecule has 4 heteroatoms. The summed E-state index contributed by atoms with van der Waals surface area (Å²) in [5.41, 5.74) is -0.342. The van der Waals surface area contributed by atoms with Crippen molar-refractivity contribution < 1.29 is 14.7 Å². The molecule has 0 radical (unpaired) electrons. The maximum absolute atomic E-state index is 10.7. The molecule has 0 aliphatic rings. The van der Waals surface area contributed by atoms with E-state index in [0.717, 1.165) is 0 Å². The molecule has 0 spiro atoms. The Kier molecular flexibility index (Phi) is 3.48. The van der Waals surface area contributed by atoms with Crippen LogP contribution in [0.15, 0.2) is 0 Å². The average molecular weight is 161 g/mol. The third-order valence-electron chi connectivity index (χ3n) is 0.990. The lowest BCUT2D eigenvalue weighted by molar-refractivity contribution is -0.168. The molecule has 0 saturated carbocycles. The Morgan fingerprint density at radius 1 is 1.55 bits per heavy atom. The molecule has 1 amide bonds. The molecule has 0 aromatic carbocycles. The maximum Gasteiger partial charge on any atom is 0.271 e. The number of hydroxylamine groups is 2. The maximum atomic E-state index is 10.7. The molecule has 0 unspecified atom stereocenters. The summed E-state index contributed by atoms with van der Waals surface area (Å²) < 4.78 is 5.10. The molecule has 0 heterocycles. The third kappa shape index (κ3) is 5.82. The van der Waals surface area contributed by atoms with Gasteiger partial charge in [0.05, 0.1) is 5.60 Å². The summed E-state index contributed by atoms with van der Waals surface area (Å²) >= 11 is 0. The zero-order valence-electron chi connectivity index (χ0n) is 7.42. The number of amides is 1. The van der Waals surface area contributed by atoms with E-state index < -0.39 is 5.91 Å².